The molecular formula is C19H25O4PS. The standard InChI is InChI=1S/C19H25O4PS/c1-3-5-9-16-25-24(20,21-4-2)23-19-14-12-18(13-15-19)22-17-10-7-6-8-11-17/h6-8,10-15H,3-5,9,16H2,1-2H3. The van der Waals surface area contributed by atoms with E-state index in [1.54, 1.807) is 24.3 Å². The van der Waals surface area contributed by atoms with Crippen molar-refractivity contribution in [1.82, 2.24) is 0 Å². The molecular weight excluding hydrogens is 355 g/mol. The molecule has 0 aliphatic rings. The van der Waals surface area contributed by atoms with Crippen molar-refractivity contribution in [2.45, 2.75) is 33.1 Å². The Balaban J connectivity index is 1.95. The Hall–Kier alpha value is -1.42. The van der Waals surface area contributed by atoms with E-state index in [4.69, 9.17) is 13.8 Å². The summed E-state index contributed by atoms with van der Waals surface area (Å²) in [5, 5.41) is 0. The van der Waals surface area contributed by atoms with Gasteiger partial charge in [0.25, 0.3) is 0 Å². The van der Waals surface area contributed by atoms with Crippen molar-refractivity contribution >= 4 is 18.2 Å². The molecule has 0 amide bonds. The molecule has 6 heteroatoms. The van der Waals surface area contributed by atoms with Gasteiger partial charge < -0.3 is 9.26 Å². The quantitative estimate of drug-likeness (QED) is 0.312. The van der Waals surface area contributed by atoms with Crippen LogP contribution in [0.5, 0.6) is 17.2 Å². The molecule has 0 saturated heterocycles. The van der Waals surface area contributed by atoms with Crippen LogP contribution in [0.4, 0.5) is 0 Å². The minimum atomic E-state index is -3.19. The zero-order valence-corrected chi connectivity index (χ0v) is 16.4. The second kappa shape index (κ2) is 10.5. The van der Waals surface area contributed by atoms with Gasteiger partial charge in [-0.2, -0.15) is 0 Å². The number of rotatable bonds is 11. The van der Waals surface area contributed by atoms with Crippen LogP contribution >= 0.6 is 18.2 Å². The molecule has 0 spiro atoms. The van der Waals surface area contributed by atoms with Gasteiger partial charge in [-0.15, -0.1) is 0 Å². The second-order valence-corrected chi connectivity index (χ2v) is 9.50. The average molecular weight is 380 g/mol. The molecule has 4 nitrogen and oxygen atoms in total. The highest BCUT2D eigenvalue weighted by Crippen LogP contribution is 2.60. The number of benzene rings is 2. The summed E-state index contributed by atoms with van der Waals surface area (Å²) >= 11 is 1.27. The van der Waals surface area contributed by atoms with Crippen LogP contribution < -0.4 is 9.26 Å². The van der Waals surface area contributed by atoms with Crippen molar-refractivity contribution in [3.05, 3.63) is 54.6 Å². The van der Waals surface area contributed by atoms with E-state index in [0.717, 1.165) is 30.8 Å². The average Bonchev–Trinajstić information content (AvgIpc) is 2.62. The Labute approximate surface area is 154 Å². The summed E-state index contributed by atoms with van der Waals surface area (Å²) in [7, 11) is 0. The molecule has 0 fully saturated rings. The van der Waals surface area contributed by atoms with Gasteiger partial charge in [-0.05, 0) is 61.1 Å². The fraction of sp³-hybridized carbons (Fsp3) is 0.368. The third-order valence-corrected chi connectivity index (χ3v) is 7.14. The van der Waals surface area contributed by atoms with E-state index < -0.39 is 6.80 Å². The normalized spacial score (nSPS) is 13.2. The highest BCUT2D eigenvalue weighted by molar-refractivity contribution is 8.55. The van der Waals surface area contributed by atoms with Crippen LogP contribution in [0, 0.1) is 0 Å². The first-order valence-electron chi connectivity index (χ1n) is 8.57. The summed E-state index contributed by atoms with van der Waals surface area (Å²) in [5.41, 5.74) is 0. The maximum Gasteiger partial charge on any atom is 0.440 e. The zero-order valence-electron chi connectivity index (χ0n) is 14.7. The molecule has 136 valence electrons. The predicted molar refractivity (Wildman–Crippen MR) is 105 cm³/mol. The maximum atomic E-state index is 12.8. The highest BCUT2D eigenvalue weighted by Gasteiger charge is 2.26. The lowest BCUT2D eigenvalue weighted by atomic mass is 10.3. The topological polar surface area (TPSA) is 44.8 Å². The SMILES string of the molecule is CCCCCSP(=O)(OCC)Oc1ccc(Oc2ccccc2)cc1. The molecule has 0 bridgehead atoms. The lowest BCUT2D eigenvalue weighted by Crippen LogP contribution is -1.96. The monoisotopic (exact) mass is 380 g/mol. The lowest BCUT2D eigenvalue weighted by molar-refractivity contribution is 0.296. The summed E-state index contributed by atoms with van der Waals surface area (Å²) < 4.78 is 29.6. The highest BCUT2D eigenvalue weighted by atomic mass is 32.7. The summed E-state index contributed by atoms with van der Waals surface area (Å²) in [4.78, 5) is 0. The molecule has 0 aliphatic heterocycles. The molecule has 0 aromatic heterocycles. The Morgan fingerprint density at radius 1 is 0.880 bits per heavy atom. The fourth-order valence-electron chi connectivity index (χ4n) is 2.10. The fourth-order valence-corrected chi connectivity index (χ4v) is 5.55. The van der Waals surface area contributed by atoms with E-state index in [0.29, 0.717) is 18.1 Å². The second-order valence-electron chi connectivity index (χ2n) is 5.38. The Kier molecular flexibility index (Phi) is 8.39. The van der Waals surface area contributed by atoms with Gasteiger partial charge in [0.1, 0.15) is 17.2 Å². The van der Waals surface area contributed by atoms with Crippen LogP contribution in [0.15, 0.2) is 54.6 Å². The first kappa shape index (κ1) is 19.9. The number of unbranched alkanes of at least 4 members (excludes halogenated alkanes) is 2. The number of hydrogen-bond acceptors (Lipinski definition) is 5. The Bertz CT molecular complexity index is 661. The third kappa shape index (κ3) is 7.15. The predicted octanol–water partition coefficient (Wildman–Crippen LogP) is 6.93. The van der Waals surface area contributed by atoms with Crippen LogP contribution in [-0.4, -0.2) is 12.4 Å². The summed E-state index contributed by atoms with van der Waals surface area (Å²) in [6.07, 6.45) is 3.25. The maximum absolute atomic E-state index is 12.8. The van der Waals surface area contributed by atoms with Gasteiger partial charge in [0.2, 0.25) is 0 Å². The van der Waals surface area contributed by atoms with Gasteiger partial charge in [0.15, 0.2) is 0 Å². The molecule has 25 heavy (non-hydrogen) atoms. The van der Waals surface area contributed by atoms with Gasteiger partial charge in [0, 0.05) is 5.75 Å². The van der Waals surface area contributed by atoms with Crippen molar-refractivity contribution in [1.29, 1.82) is 0 Å². The minimum Gasteiger partial charge on any atom is -0.457 e. The van der Waals surface area contributed by atoms with E-state index in [2.05, 4.69) is 6.92 Å². The molecule has 0 heterocycles. The number of hydrogen-bond donors (Lipinski definition) is 0. The first-order valence-corrected chi connectivity index (χ1v) is 11.7. The molecule has 0 saturated carbocycles. The van der Waals surface area contributed by atoms with E-state index in [9.17, 15) is 4.57 Å². The van der Waals surface area contributed by atoms with Crippen LogP contribution in [0.2, 0.25) is 0 Å². The summed E-state index contributed by atoms with van der Waals surface area (Å²) in [6, 6.07) is 16.6. The van der Waals surface area contributed by atoms with Crippen LogP contribution in [0.1, 0.15) is 33.1 Å². The van der Waals surface area contributed by atoms with Crippen LogP contribution in [0.3, 0.4) is 0 Å². The molecule has 1 atom stereocenters. The van der Waals surface area contributed by atoms with Gasteiger partial charge >= 0.3 is 6.80 Å². The Morgan fingerprint density at radius 2 is 1.52 bits per heavy atom. The third-order valence-electron chi connectivity index (χ3n) is 3.30. The molecule has 2 rings (SSSR count). The van der Waals surface area contributed by atoms with Gasteiger partial charge in [-0.1, -0.05) is 38.0 Å². The number of para-hydroxylation sites is 1. The Morgan fingerprint density at radius 3 is 2.16 bits per heavy atom. The molecule has 2 aromatic rings. The minimum absolute atomic E-state index is 0.354. The molecule has 2 aromatic carbocycles. The van der Waals surface area contributed by atoms with Gasteiger partial charge in [-0.25, -0.2) is 4.57 Å². The van der Waals surface area contributed by atoms with Crippen LogP contribution in [-0.2, 0) is 9.09 Å². The van der Waals surface area contributed by atoms with E-state index in [1.807, 2.05) is 37.3 Å². The zero-order chi connectivity index (χ0) is 18.0. The van der Waals surface area contributed by atoms with Crippen molar-refractivity contribution in [2.75, 3.05) is 12.4 Å². The lowest BCUT2D eigenvalue weighted by Gasteiger charge is -2.18. The number of ether oxygens (including phenoxy) is 1. The first-order chi connectivity index (χ1) is 12.1. The van der Waals surface area contributed by atoms with E-state index in [-0.39, 0.29) is 0 Å². The smallest absolute Gasteiger partial charge is 0.440 e. The van der Waals surface area contributed by atoms with Crippen molar-refractivity contribution in [2.24, 2.45) is 0 Å². The van der Waals surface area contributed by atoms with E-state index >= 15 is 0 Å². The van der Waals surface area contributed by atoms with Gasteiger partial charge in [-0.3, -0.25) is 4.52 Å². The van der Waals surface area contributed by atoms with E-state index in [1.165, 1.54) is 11.4 Å². The molecule has 0 N–H and O–H groups in total. The summed E-state index contributed by atoms with van der Waals surface area (Å²) in [6.45, 7) is 1.13. The molecule has 1 unspecified atom stereocenters. The van der Waals surface area contributed by atoms with Crippen molar-refractivity contribution in [3.63, 3.8) is 0 Å². The molecule has 0 aliphatic carbocycles. The summed E-state index contributed by atoms with van der Waals surface area (Å²) in [5.74, 6) is 2.74. The van der Waals surface area contributed by atoms with Gasteiger partial charge in [0.05, 0.1) is 6.61 Å². The molecule has 0 radical (unpaired) electrons. The van der Waals surface area contributed by atoms with Crippen LogP contribution in [0.25, 0.3) is 0 Å². The largest absolute Gasteiger partial charge is 0.457 e. The van der Waals surface area contributed by atoms with Crippen molar-refractivity contribution < 1.29 is 18.3 Å². The van der Waals surface area contributed by atoms with Crippen molar-refractivity contribution in [3.8, 4) is 17.2 Å².